The fourth-order valence-corrected chi connectivity index (χ4v) is 6.37. The van der Waals surface area contributed by atoms with E-state index in [1.807, 2.05) is 13.8 Å². The van der Waals surface area contributed by atoms with Gasteiger partial charge in [0.1, 0.15) is 48.3 Å². The lowest BCUT2D eigenvalue weighted by atomic mass is 9.98. The van der Waals surface area contributed by atoms with Crippen molar-refractivity contribution in [1.82, 2.24) is 42.5 Å². The SMILES string of the molecule is CC(C)C[C@H](NC(=O)[C@H](C)NC(=O)[C@@H](NC(=O)[C@@H](NC(=O)[C@H](Cc1ccccc1)NC(=O)[C@H](CC(N)=O)NC(=O)[C@H](C)NC(=O)[C@H](C)NC(=O)[C@@H](N)CC(C)C)C(C)C)C(C)C)C(=O)O. The number of aliphatic carboxylic acids is 1. The number of benzene rings is 1. The van der Waals surface area contributed by atoms with Crippen molar-refractivity contribution in [3.63, 3.8) is 0 Å². The van der Waals surface area contributed by atoms with Gasteiger partial charge in [-0.25, -0.2) is 4.79 Å². The van der Waals surface area contributed by atoms with Crippen LogP contribution in [0.4, 0.5) is 0 Å². The van der Waals surface area contributed by atoms with E-state index in [2.05, 4.69) is 42.5 Å². The van der Waals surface area contributed by atoms with Crippen LogP contribution in [0.25, 0.3) is 0 Å². The molecule has 1 aromatic carbocycles. The Hall–Kier alpha value is -6.12. The van der Waals surface area contributed by atoms with Crippen molar-refractivity contribution in [3.8, 4) is 0 Å². The minimum atomic E-state index is -1.62. The van der Waals surface area contributed by atoms with Crippen molar-refractivity contribution < 1.29 is 53.1 Å². The third-order valence-electron chi connectivity index (χ3n) is 10.1. The molecule has 13 N–H and O–H groups in total. The summed E-state index contributed by atoms with van der Waals surface area (Å²) in [6, 6.07) is -2.57. The first-order chi connectivity index (χ1) is 30.1. The van der Waals surface area contributed by atoms with Crippen LogP contribution >= 0.6 is 0 Å². The summed E-state index contributed by atoms with van der Waals surface area (Å²) in [4.78, 5) is 130. The number of hydrogen-bond donors (Lipinski definition) is 11. The molecule has 0 heterocycles. The smallest absolute Gasteiger partial charge is 0.326 e. The number of nitrogens with one attached hydrogen (secondary N) is 8. The first-order valence-corrected chi connectivity index (χ1v) is 21.9. The molecule has 0 aliphatic heterocycles. The standard InChI is InChI=1S/C44H72N10O11/c1-21(2)17-29(45)39(59)48-25(9)36(56)47-26(10)37(57)50-31(20-33(46)55)40(60)51-30(19-28-15-13-12-14-16-28)41(61)53-35(24(7)8)43(63)54-34(23(5)6)42(62)49-27(11)38(58)52-32(44(64)65)18-22(3)4/h12-16,21-27,29-32,34-35H,17-20,45H2,1-11H3,(H2,46,55)(H,47,56)(H,48,59)(H,49,62)(H,50,57)(H,51,60)(H,52,58)(H,53,61)(H,54,63)(H,64,65)/t25-,26-,27-,29-,30-,31-,32-,34-,35-/m0/s1. The van der Waals surface area contributed by atoms with E-state index in [-0.39, 0.29) is 24.7 Å². The minimum Gasteiger partial charge on any atom is -0.480 e. The molecule has 65 heavy (non-hydrogen) atoms. The Labute approximate surface area is 381 Å². The minimum absolute atomic E-state index is 0.0396. The van der Waals surface area contributed by atoms with E-state index in [0.29, 0.717) is 12.0 Å². The maximum atomic E-state index is 14.1. The summed E-state index contributed by atoms with van der Waals surface area (Å²) in [5, 5.41) is 29.6. The number of nitrogens with two attached hydrogens (primary N) is 2. The van der Waals surface area contributed by atoms with Crippen molar-refractivity contribution in [2.45, 2.75) is 156 Å². The Kier molecular flexibility index (Phi) is 23.9. The highest BCUT2D eigenvalue weighted by Crippen LogP contribution is 2.11. The third kappa shape index (κ3) is 20.5. The summed E-state index contributed by atoms with van der Waals surface area (Å²) in [6.45, 7) is 18.0. The number of carbonyl (C=O) groups excluding carboxylic acids is 9. The summed E-state index contributed by atoms with van der Waals surface area (Å²) in [5.41, 5.74) is 11.9. The molecular weight excluding hydrogens is 845 g/mol. The van der Waals surface area contributed by atoms with Crippen molar-refractivity contribution in [2.75, 3.05) is 0 Å². The molecule has 364 valence electrons. The Morgan fingerprint density at radius 1 is 0.477 bits per heavy atom. The van der Waals surface area contributed by atoms with Crippen LogP contribution in [0.5, 0.6) is 0 Å². The molecule has 21 heteroatoms. The summed E-state index contributed by atoms with van der Waals surface area (Å²) in [5.74, 6) is -9.49. The number of primary amides is 1. The lowest BCUT2D eigenvalue weighted by Crippen LogP contribution is -2.61. The lowest BCUT2D eigenvalue weighted by Gasteiger charge is -2.29. The molecule has 0 saturated heterocycles. The van der Waals surface area contributed by atoms with Gasteiger partial charge in [0.2, 0.25) is 53.2 Å². The maximum Gasteiger partial charge on any atom is 0.326 e. The average Bonchev–Trinajstić information content (AvgIpc) is 3.19. The number of carboxylic acid groups (broad SMARTS) is 1. The van der Waals surface area contributed by atoms with Crippen LogP contribution in [0.2, 0.25) is 0 Å². The zero-order valence-electron chi connectivity index (χ0n) is 39.4. The van der Waals surface area contributed by atoms with Gasteiger partial charge in [-0.3, -0.25) is 43.2 Å². The fourth-order valence-electron chi connectivity index (χ4n) is 6.37. The van der Waals surface area contributed by atoms with Gasteiger partial charge in [-0.1, -0.05) is 85.7 Å². The molecule has 0 radical (unpaired) electrons. The molecule has 21 nitrogen and oxygen atoms in total. The van der Waals surface area contributed by atoms with Gasteiger partial charge in [-0.05, 0) is 62.8 Å². The molecule has 0 aromatic heterocycles. The summed E-state index contributed by atoms with van der Waals surface area (Å²) in [6.07, 6.45) is -0.276. The second-order valence-corrected chi connectivity index (χ2v) is 17.9. The molecule has 0 aliphatic carbocycles. The van der Waals surface area contributed by atoms with Crippen LogP contribution in [0.1, 0.15) is 101 Å². The predicted molar refractivity (Wildman–Crippen MR) is 241 cm³/mol. The average molecular weight is 917 g/mol. The first kappa shape index (κ1) is 56.9. The third-order valence-corrected chi connectivity index (χ3v) is 10.1. The largest absolute Gasteiger partial charge is 0.480 e. The second kappa shape index (κ2) is 27.3. The summed E-state index contributed by atoms with van der Waals surface area (Å²) in [7, 11) is 0. The monoisotopic (exact) mass is 917 g/mol. The molecule has 0 bridgehead atoms. The maximum absolute atomic E-state index is 14.1. The van der Waals surface area contributed by atoms with Crippen molar-refractivity contribution in [2.24, 2.45) is 35.1 Å². The second-order valence-electron chi connectivity index (χ2n) is 17.9. The molecule has 0 aliphatic rings. The van der Waals surface area contributed by atoms with Gasteiger partial charge in [0.05, 0.1) is 12.5 Å². The molecule has 1 aromatic rings. The van der Waals surface area contributed by atoms with E-state index in [1.165, 1.54) is 20.8 Å². The van der Waals surface area contributed by atoms with Crippen LogP contribution in [0.15, 0.2) is 30.3 Å². The molecule has 1 rings (SSSR count). The Bertz CT molecular complexity index is 1820. The van der Waals surface area contributed by atoms with Crippen LogP contribution in [0, 0.1) is 23.7 Å². The molecule has 0 fully saturated rings. The number of rotatable bonds is 27. The van der Waals surface area contributed by atoms with Gasteiger partial charge in [-0.15, -0.1) is 0 Å². The highest BCUT2D eigenvalue weighted by Gasteiger charge is 2.36. The molecular formula is C44H72N10O11. The fraction of sp³-hybridized carbons (Fsp3) is 0.636. The zero-order chi connectivity index (χ0) is 49.9. The van der Waals surface area contributed by atoms with E-state index in [0.717, 1.165) is 0 Å². The predicted octanol–water partition coefficient (Wildman–Crippen LogP) is -1.14. The van der Waals surface area contributed by atoms with Gasteiger partial charge < -0.3 is 59.1 Å². The number of carboxylic acids is 1. The Morgan fingerprint density at radius 3 is 1.31 bits per heavy atom. The molecule has 0 unspecified atom stereocenters. The van der Waals surface area contributed by atoms with Crippen molar-refractivity contribution in [3.05, 3.63) is 35.9 Å². The number of carbonyl (C=O) groups is 10. The lowest BCUT2D eigenvalue weighted by molar-refractivity contribution is -0.142. The van der Waals surface area contributed by atoms with Crippen molar-refractivity contribution in [1.29, 1.82) is 0 Å². The number of amides is 9. The van der Waals surface area contributed by atoms with Crippen molar-refractivity contribution >= 4 is 59.1 Å². The Morgan fingerprint density at radius 2 is 0.862 bits per heavy atom. The van der Waals surface area contributed by atoms with Gasteiger partial charge in [0, 0.05) is 6.42 Å². The van der Waals surface area contributed by atoms with Gasteiger partial charge in [-0.2, -0.15) is 0 Å². The van der Waals surface area contributed by atoms with Crippen LogP contribution in [0.3, 0.4) is 0 Å². The highest BCUT2D eigenvalue weighted by molar-refractivity contribution is 5.99. The normalized spacial score (nSPS) is 15.4. The van der Waals surface area contributed by atoms with E-state index in [1.54, 1.807) is 71.9 Å². The van der Waals surface area contributed by atoms with Gasteiger partial charge in [0.15, 0.2) is 0 Å². The van der Waals surface area contributed by atoms with E-state index >= 15 is 0 Å². The number of hydrogen-bond acceptors (Lipinski definition) is 11. The van der Waals surface area contributed by atoms with E-state index < -0.39 is 132 Å². The quantitative estimate of drug-likeness (QED) is 0.0499. The molecule has 9 amide bonds. The summed E-state index contributed by atoms with van der Waals surface area (Å²) >= 11 is 0. The highest BCUT2D eigenvalue weighted by atomic mass is 16.4. The van der Waals surface area contributed by atoms with Gasteiger partial charge >= 0.3 is 5.97 Å². The van der Waals surface area contributed by atoms with E-state index in [4.69, 9.17) is 11.5 Å². The van der Waals surface area contributed by atoms with Crippen LogP contribution in [-0.2, 0) is 54.4 Å². The topological polar surface area (TPSA) is 339 Å². The molecule has 9 atom stereocenters. The van der Waals surface area contributed by atoms with Gasteiger partial charge in [0.25, 0.3) is 0 Å². The molecule has 0 spiro atoms. The zero-order valence-corrected chi connectivity index (χ0v) is 39.4. The van der Waals surface area contributed by atoms with E-state index in [9.17, 15) is 53.1 Å². The van der Waals surface area contributed by atoms with Crippen LogP contribution in [-0.4, -0.2) is 119 Å². The Balaban J connectivity index is 3.26. The van der Waals surface area contributed by atoms with Crippen LogP contribution < -0.4 is 54.0 Å². The first-order valence-electron chi connectivity index (χ1n) is 21.9. The molecule has 0 saturated carbocycles. The summed E-state index contributed by atoms with van der Waals surface area (Å²) < 4.78 is 0.